The Balaban J connectivity index is 1.85. The molecular weight excluding hydrogens is 246 g/mol. The van der Waals surface area contributed by atoms with Gasteiger partial charge in [0, 0.05) is 23.8 Å². The summed E-state index contributed by atoms with van der Waals surface area (Å²) < 4.78 is 0. The highest BCUT2D eigenvalue weighted by Crippen LogP contribution is 2.38. The van der Waals surface area contributed by atoms with Crippen molar-refractivity contribution in [3.63, 3.8) is 0 Å². The van der Waals surface area contributed by atoms with Crippen LogP contribution in [-0.4, -0.2) is 33.3 Å². The van der Waals surface area contributed by atoms with E-state index >= 15 is 0 Å². The maximum absolute atomic E-state index is 9.79. The van der Waals surface area contributed by atoms with Crippen LogP contribution in [-0.2, 0) is 0 Å². The number of aliphatic hydroxyl groups is 1. The van der Waals surface area contributed by atoms with Crippen LogP contribution in [0, 0.1) is 0 Å². The van der Waals surface area contributed by atoms with Gasteiger partial charge in [-0.05, 0) is 37.8 Å². The molecule has 3 rings (SSSR count). The van der Waals surface area contributed by atoms with Gasteiger partial charge in [0.2, 0.25) is 0 Å². The average Bonchev–Trinajstić information content (AvgIpc) is 2.62. The first-order valence-electron chi connectivity index (χ1n) is 6.37. The lowest BCUT2D eigenvalue weighted by Crippen LogP contribution is -2.45. The highest BCUT2D eigenvalue weighted by atomic mass is 32.1. The normalized spacial score (nSPS) is 30.5. The number of anilines is 1. The monoisotopic (exact) mass is 263 g/mol. The number of aromatic nitrogens is 1. The largest absolute Gasteiger partial charge is 0.393 e. The van der Waals surface area contributed by atoms with E-state index < -0.39 is 0 Å². The molecule has 2 saturated heterocycles. The molecule has 0 aromatic carbocycles. The molecule has 2 bridgehead atoms. The molecule has 2 aliphatic heterocycles. The molecule has 0 amide bonds. The van der Waals surface area contributed by atoms with Crippen molar-refractivity contribution >= 4 is 23.0 Å². The molecule has 18 heavy (non-hydrogen) atoms. The molecule has 5 heteroatoms. The molecule has 1 aromatic heterocycles. The lowest BCUT2D eigenvalue weighted by atomic mass is 10.00. The van der Waals surface area contributed by atoms with Crippen LogP contribution in [0.5, 0.6) is 0 Å². The Morgan fingerprint density at radius 1 is 1.33 bits per heavy atom. The average molecular weight is 263 g/mol. The fourth-order valence-electron chi connectivity index (χ4n) is 3.21. The topological polar surface area (TPSA) is 62.4 Å². The Morgan fingerprint density at radius 2 is 2.00 bits per heavy atom. The van der Waals surface area contributed by atoms with Crippen LogP contribution in [0.3, 0.4) is 0 Å². The van der Waals surface area contributed by atoms with Crippen molar-refractivity contribution in [3.8, 4) is 0 Å². The maximum atomic E-state index is 9.79. The van der Waals surface area contributed by atoms with Crippen LogP contribution in [0.1, 0.15) is 31.2 Å². The molecule has 0 saturated carbocycles. The number of hydrogen-bond donors (Lipinski definition) is 2. The van der Waals surface area contributed by atoms with Crippen LogP contribution < -0.4 is 10.6 Å². The van der Waals surface area contributed by atoms with Crippen LogP contribution in [0.4, 0.5) is 5.82 Å². The smallest absolute Gasteiger partial charge is 0.129 e. The third-order valence-electron chi connectivity index (χ3n) is 4.01. The van der Waals surface area contributed by atoms with Gasteiger partial charge in [-0.2, -0.15) is 0 Å². The first-order chi connectivity index (χ1) is 8.65. The lowest BCUT2D eigenvalue weighted by molar-refractivity contribution is 0.126. The predicted molar refractivity (Wildman–Crippen MR) is 74.7 cm³/mol. The van der Waals surface area contributed by atoms with Crippen molar-refractivity contribution in [1.82, 2.24) is 4.98 Å². The predicted octanol–water partition coefficient (Wildman–Crippen LogP) is 1.21. The summed E-state index contributed by atoms with van der Waals surface area (Å²) in [5.41, 5.74) is 6.38. The Labute approximate surface area is 112 Å². The standard InChI is InChI=1S/C13H17N3OS/c14-13(18)8-1-4-12(15-7-8)16-9-2-3-10(16)6-11(17)5-9/h1,4,7,9-11,17H,2-3,5-6H2,(H2,14,18). The molecule has 3 N–H and O–H groups in total. The molecule has 2 fully saturated rings. The zero-order valence-electron chi connectivity index (χ0n) is 10.1. The summed E-state index contributed by atoms with van der Waals surface area (Å²) in [7, 11) is 0. The van der Waals surface area contributed by atoms with Gasteiger partial charge in [-0.3, -0.25) is 0 Å². The minimum atomic E-state index is -0.144. The summed E-state index contributed by atoms with van der Waals surface area (Å²) >= 11 is 4.93. The number of pyridine rings is 1. The van der Waals surface area contributed by atoms with Crippen LogP contribution >= 0.6 is 12.2 Å². The van der Waals surface area contributed by atoms with Gasteiger partial charge in [0.15, 0.2) is 0 Å². The fourth-order valence-corrected chi connectivity index (χ4v) is 3.33. The van der Waals surface area contributed by atoms with Gasteiger partial charge in [0.05, 0.1) is 6.10 Å². The number of nitrogens with zero attached hydrogens (tertiary/aromatic N) is 2. The minimum absolute atomic E-state index is 0.144. The Hall–Kier alpha value is -1.20. The van der Waals surface area contributed by atoms with E-state index in [1.165, 1.54) is 0 Å². The molecule has 3 heterocycles. The van der Waals surface area contributed by atoms with Gasteiger partial charge in [0.25, 0.3) is 0 Å². The number of nitrogens with two attached hydrogens (primary N) is 1. The van der Waals surface area contributed by atoms with E-state index in [-0.39, 0.29) is 6.10 Å². The van der Waals surface area contributed by atoms with E-state index in [1.54, 1.807) is 6.20 Å². The van der Waals surface area contributed by atoms with E-state index in [0.717, 1.165) is 37.1 Å². The summed E-state index contributed by atoms with van der Waals surface area (Å²) in [4.78, 5) is 7.20. The summed E-state index contributed by atoms with van der Waals surface area (Å²) in [5.74, 6) is 0.981. The Morgan fingerprint density at radius 3 is 2.50 bits per heavy atom. The van der Waals surface area contributed by atoms with Crippen LogP contribution in [0.2, 0.25) is 0 Å². The number of aliphatic hydroxyl groups excluding tert-OH is 1. The number of fused-ring (bicyclic) bond motifs is 2. The maximum Gasteiger partial charge on any atom is 0.129 e. The van der Waals surface area contributed by atoms with Crippen molar-refractivity contribution in [2.45, 2.75) is 43.9 Å². The van der Waals surface area contributed by atoms with E-state index in [9.17, 15) is 5.11 Å². The summed E-state index contributed by atoms with van der Waals surface area (Å²) in [5, 5.41) is 9.79. The zero-order valence-corrected chi connectivity index (χ0v) is 10.9. The summed E-state index contributed by atoms with van der Waals surface area (Å²) in [6.45, 7) is 0. The zero-order chi connectivity index (χ0) is 12.7. The molecule has 2 unspecified atom stereocenters. The van der Waals surface area contributed by atoms with Gasteiger partial charge >= 0.3 is 0 Å². The highest BCUT2D eigenvalue weighted by molar-refractivity contribution is 7.80. The highest BCUT2D eigenvalue weighted by Gasteiger charge is 2.40. The number of thiocarbonyl (C=S) groups is 1. The van der Waals surface area contributed by atoms with Crippen LogP contribution in [0.15, 0.2) is 18.3 Å². The van der Waals surface area contributed by atoms with Crippen LogP contribution in [0.25, 0.3) is 0 Å². The van der Waals surface area contributed by atoms with Gasteiger partial charge in [-0.15, -0.1) is 0 Å². The van der Waals surface area contributed by atoms with E-state index in [1.807, 2.05) is 12.1 Å². The molecule has 0 aliphatic carbocycles. The third kappa shape index (κ3) is 1.97. The Bertz CT molecular complexity index is 448. The van der Waals surface area contributed by atoms with Crippen molar-refractivity contribution in [2.75, 3.05) is 4.90 Å². The van der Waals surface area contributed by atoms with E-state index in [0.29, 0.717) is 17.1 Å². The van der Waals surface area contributed by atoms with Crippen molar-refractivity contribution in [2.24, 2.45) is 5.73 Å². The number of hydrogen-bond acceptors (Lipinski definition) is 4. The summed E-state index contributed by atoms with van der Waals surface area (Å²) in [6, 6.07) is 4.77. The second-order valence-corrected chi connectivity index (χ2v) is 5.63. The first-order valence-corrected chi connectivity index (χ1v) is 6.78. The second kappa shape index (κ2) is 4.48. The van der Waals surface area contributed by atoms with E-state index in [2.05, 4.69) is 9.88 Å². The molecule has 0 spiro atoms. The van der Waals surface area contributed by atoms with Gasteiger partial charge < -0.3 is 15.7 Å². The molecule has 1 aromatic rings. The minimum Gasteiger partial charge on any atom is -0.393 e. The van der Waals surface area contributed by atoms with Crippen molar-refractivity contribution < 1.29 is 5.11 Å². The van der Waals surface area contributed by atoms with E-state index in [4.69, 9.17) is 18.0 Å². The van der Waals surface area contributed by atoms with Crippen molar-refractivity contribution in [1.29, 1.82) is 0 Å². The van der Waals surface area contributed by atoms with Crippen molar-refractivity contribution in [3.05, 3.63) is 23.9 Å². The van der Waals surface area contributed by atoms with Gasteiger partial charge in [0.1, 0.15) is 10.8 Å². The molecule has 2 aliphatic rings. The third-order valence-corrected chi connectivity index (χ3v) is 4.24. The Kier molecular flexibility index (Phi) is 2.95. The molecule has 4 nitrogen and oxygen atoms in total. The lowest BCUT2D eigenvalue weighted by Gasteiger charge is -2.38. The number of rotatable bonds is 2. The quantitative estimate of drug-likeness (QED) is 0.785. The molecular formula is C13H17N3OS. The molecule has 96 valence electrons. The summed E-state index contributed by atoms with van der Waals surface area (Å²) in [6.07, 6.45) is 5.61. The fraction of sp³-hybridized carbons (Fsp3) is 0.538. The SMILES string of the molecule is NC(=S)c1ccc(N2C3CCC2CC(O)C3)nc1. The first kappa shape index (κ1) is 11.9. The molecule has 2 atom stereocenters. The number of piperidine rings is 1. The van der Waals surface area contributed by atoms with Gasteiger partial charge in [-0.25, -0.2) is 4.98 Å². The molecule has 0 radical (unpaired) electrons. The van der Waals surface area contributed by atoms with Gasteiger partial charge in [-0.1, -0.05) is 12.2 Å². The second-order valence-electron chi connectivity index (χ2n) is 5.19.